The molecular formula is C11H17NO2. The van der Waals surface area contributed by atoms with Gasteiger partial charge in [-0.1, -0.05) is 5.92 Å². The van der Waals surface area contributed by atoms with Crippen LogP contribution in [0, 0.1) is 18.3 Å². The zero-order chi connectivity index (χ0) is 10.4. The number of hydrogen-bond acceptors (Lipinski definition) is 3. The van der Waals surface area contributed by atoms with E-state index in [1.807, 2.05) is 6.92 Å². The first-order chi connectivity index (χ1) is 6.77. The van der Waals surface area contributed by atoms with Crippen molar-refractivity contribution in [1.82, 2.24) is 4.90 Å². The average Bonchev–Trinajstić information content (AvgIpc) is 2.20. The van der Waals surface area contributed by atoms with Crippen LogP contribution in [0.1, 0.15) is 19.8 Å². The van der Waals surface area contributed by atoms with E-state index in [2.05, 4.69) is 10.8 Å². The van der Waals surface area contributed by atoms with E-state index in [1.165, 1.54) is 0 Å². The summed E-state index contributed by atoms with van der Waals surface area (Å²) in [6, 6.07) is 0. The lowest BCUT2D eigenvalue weighted by atomic mass is 9.97. The standard InChI is InChI=1S/C11H17NO2/c1-3-7-12-8-5-10(6-9-12)11(13)14-4-2/h1,10H,4-9H2,2H3. The van der Waals surface area contributed by atoms with Gasteiger partial charge in [-0.15, -0.1) is 6.42 Å². The second-order valence-corrected chi connectivity index (χ2v) is 3.51. The van der Waals surface area contributed by atoms with Crippen molar-refractivity contribution in [3.8, 4) is 12.3 Å². The molecule has 3 heteroatoms. The molecule has 0 atom stereocenters. The molecule has 0 saturated carbocycles. The number of hydrogen-bond donors (Lipinski definition) is 0. The molecule has 0 aromatic heterocycles. The van der Waals surface area contributed by atoms with E-state index < -0.39 is 0 Å². The van der Waals surface area contributed by atoms with Gasteiger partial charge in [0.15, 0.2) is 0 Å². The zero-order valence-corrected chi connectivity index (χ0v) is 8.66. The monoisotopic (exact) mass is 195 g/mol. The van der Waals surface area contributed by atoms with Crippen LogP contribution in [0.5, 0.6) is 0 Å². The van der Waals surface area contributed by atoms with Crippen LogP contribution in [0.4, 0.5) is 0 Å². The second-order valence-electron chi connectivity index (χ2n) is 3.51. The number of ether oxygens (including phenoxy) is 1. The topological polar surface area (TPSA) is 29.5 Å². The largest absolute Gasteiger partial charge is 0.466 e. The first kappa shape index (κ1) is 11.1. The number of carbonyl (C=O) groups excluding carboxylic acids is 1. The van der Waals surface area contributed by atoms with Gasteiger partial charge >= 0.3 is 5.97 Å². The van der Waals surface area contributed by atoms with E-state index in [4.69, 9.17) is 11.2 Å². The van der Waals surface area contributed by atoms with Crippen LogP contribution in [0.3, 0.4) is 0 Å². The summed E-state index contributed by atoms with van der Waals surface area (Å²) in [5.74, 6) is 2.66. The number of likely N-dealkylation sites (tertiary alicyclic amines) is 1. The molecule has 0 unspecified atom stereocenters. The summed E-state index contributed by atoms with van der Waals surface area (Å²) in [4.78, 5) is 13.6. The van der Waals surface area contributed by atoms with E-state index in [1.54, 1.807) is 0 Å². The van der Waals surface area contributed by atoms with E-state index in [0.29, 0.717) is 13.2 Å². The summed E-state index contributed by atoms with van der Waals surface area (Å²) in [7, 11) is 0. The molecule has 14 heavy (non-hydrogen) atoms. The van der Waals surface area contributed by atoms with Crippen LogP contribution in [0.15, 0.2) is 0 Å². The Hall–Kier alpha value is -1.01. The van der Waals surface area contributed by atoms with Crippen LogP contribution >= 0.6 is 0 Å². The quantitative estimate of drug-likeness (QED) is 0.495. The Labute approximate surface area is 85.4 Å². The van der Waals surface area contributed by atoms with Gasteiger partial charge in [0.1, 0.15) is 0 Å². The van der Waals surface area contributed by atoms with Crippen molar-refractivity contribution >= 4 is 5.97 Å². The van der Waals surface area contributed by atoms with Crippen LogP contribution < -0.4 is 0 Å². The lowest BCUT2D eigenvalue weighted by molar-refractivity contribution is -0.149. The first-order valence-electron chi connectivity index (χ1n) is 5.10. The summed E-state index contributed by atoms with van der Waals surface area (Å²) in [6.45, 7) is 4.83. The van der Waals surface area contributed by atoms with Crippen LogP contribution in [0.2, 0.25) is 0 Å². The second kappa shape index (κ2) is 5.66. The number of piperidine rings is 1. The van der Waals surface area contributed by atoms with Crippen molar-refractivity contribution in [3.63, 3.8) is 0 Å². The Balaban J connectivity index is 2.28. The Morgan fingerprint density at radius 1 is 1.57 bits per heavy atom. The smallest absolute Gasteiger partial charge is 0.309 e. The minimum Gasteiger partial charge on any atom is -0.466 e. The van der Waals surface area contributed by atoms with Crippen molar-refractivity contribution < 1.29 is 9.53 Å². The summed E-state index contributed by atoms with van der Waals surface area (Å²) in [5.41, 5.74) is 0. The molecule has 0 radical (unpaired) electrons. The van der Waals surface area contributed by atoms with E-state index in [0.717, 1.165) is 25.9 Å². The van der Waals surface area contributed by atoms with Gasteiger partial charge < -0.3 is 4.74 Å². The lowest BCUT2D eigenvalue weighted by Crippen LogP contribution is -2.37. The van der Waals surface area contributed by atoms with Gasteiger partial charge in [0, 0.05) is 0 Å². The molecular weight excluding hydrogens is 178 g/mol. The van der Waals surface area contributed by atoms with Crippen molar-refractivity contribution in [3.05, 3.63) is 0 Å². The molecule has 0 aromatic rings. The normalized spacial score (nSPS) is 18.9. The van der Waals surface area contributed by atoms with Gasteiger partial charge in [0.2, 0.25) is 0 Å². The fraction of sp³-hybridized carbons (Fsp3) is 0.727. The minimum atomic E-state index is -0.0483. The number of terminal acetylenes is 1. The molecule has 0 N–H and O–H groups in total. The molecule has 78 valence electrons. The highest BCUT2D eigenvalue weighted by Crippen LogP contribution is 2.17. The molecule has 1 rings (SSSR count). The minimum absolute atomic E-state index is 0.0483. The van der Waals surface area contributed by atoms with E-state index in [9.17, 15) is 4.79 Å². The zero-order valence-electron chi connectivity index (χ0n) is 8.66. The van der Waals surface area contributed by atoms with Crippen molar-refractivity contribution in [2.24, 2.45) is 5.92 Å². The SMILES string of the molecule is C#CCN1CCC(C(=O)OCC)CC1. The maximum atomic E-state index is 11.4. The maximum absolute atomic E-state index is 11.4. The Morgan fingerprint density at radius 3 is 2.71 bits per heavy atom. The Kier molecular flexibility index (Phi) is 4.48. The molecule has 1 saturated heterocycles. The highest BCUT2D eigenvalue weighted by molar-refractivity contribution is 5.72. The highest BCUT2D eigenvalue weighted by Gasteiger charge is 2.25. The van der Waals surface area contributed by atoms with Crippen LogP contribution in [-0.2, 0) is 9.53 Å². The molecule has 1 aliphatic heterocycles. The third-order valence-corrected chi connectivity index (χ3v) is 2.52. The van der Waals surface area contributed by atoms with Gasteiger partial charge in [-0.2, -0.15) is 0 Å². The summed E-state index contributed by atoms with van der Waals surface area (Å²) >= 11 is 0. The fourth-order valence-corrected chi connectivity index (χ4v) is 1.72. The van der Waals surface area contributed by atoms with Crippen LogP contribution in [0.25, 0.3) is 0 Å². The summed E-state index contributed by atoms with van der Waals surface area (Å²) in [5, 5.41) is 0. The molecule has 0 bridgehead atoms. The number of esters is 1. The molecule has 0 amide bonds. The van der Waals surface area contributed by atoms with Gasteiger partial charge in [-0.3, -0.25) is 9.69 Å². The van der Waals surface area contributed by atoms with Gasteiger partial charge in [0.05, 0.1) is 19.1 Å². The average molecular weight is 195 g/mol. The predicted molar refractivity (Wildman–Crippen MR) is 54.6 cm³/mol. The van der Waals surface area contributed by atoms with Crippen molar-refractivity contribution in [2.45, 2.75) is 19.8 Å². The number of nitrogens with zero attached hydrogens (tertiary/aromatic N) is 1. The molecule has 0 spiro atoms. The highest BCUT2D eigenvalue weighted by atomic mass is 16.5. The molecule has 1 heterocycles. The third kappa shape index (κ3) is 3.04. The summed E-state index contributed by atoms with van der Waals surface area (Å²) in [6.07, 6.45) is 6.97. The maximum Gasteiger partial charge on any atom is 0.309 e. The van der Waals surface area contributed by atoms with Gasteiger partial charge in [-0.05, 0) is 32.9 Å². The van der Waals surface area contributed by atoms with E-state index >= 15 is 0 Å². The van der Waals surface area contributed by atoms with Gasteiger partial charge in [0.25, 0.3) is 0 Å². The Bertz CT molecular complexity index is 224. The number of rotatable bonds is 3. The van der Waals surface area contributed by atoms with Crippen molar-refractivity contribution in [2.75, 3.05) is 26.2 Å². The molecule has 1 aliphatic rings. The molecule has 0 aromatic carbocycles. The number of carbonyl (C=O) groups is 1. The summed E-state index contributed by atoms with van der Waals surface area (Å²) < 4.78 is 4.98. The van der Waals surface area contributed by atoms with Crippen LogP contribution in [-0.4, -0.2) is 37.1 Å². The van der Waals surface area contributed by atoms with E-state index in [-0.39, 0.29) is 11.9 Å². The molecule has 1 fully saturated rings. The first-order valence-corrected chi connectivity index (χ1v) is 5.10. The third-order valence-electron chi connectivity index (χ3n) is 2.52. The molecule has 0 aliphatic carbocycles. The molecule has 3 nitrogen and oxygen atoms in total. The van der Waals surface area contributed by atoms with Gasteiger partial charge in [-0.25, -0.2) is 0 Å². The fourth-order valence-electron chi connectivity index (χ4n) is 1.72. The lowest BCUT2D eigenvalue weighted by Gasteiger charge is -2.29. The predicted octanol–water partition coefficient (Wildman–Crippen LogP) is 0.895. The Morgan fingerprint density at radius 2 is 2.21 bits per heavy atom. The van der Waals surface area contributed by atoms with Crippen molar-refractivity contribution in [1.29, 1.82) is 0 Å².